The quantitative estimate of drug-likeness (QED) is 0.632. The summed E-state index contributed by atoms with van der Waals surface area (Å²) in [4.78, 5) is 17.1. The van der Waals surface area contributed by atoms with Crippen LogP contribution in [0.2, 0.25) is 0 Å². The summed E-state index contributed by atoms with van der Waals surface area (Å²) in [5, 5.41) is 6.76. The van der Waals surface area contributed by atoms with Gasteiger partial charge in [0.15, 0.2) is 0 Å². The molecule has 0 bridgehead atoms. The maximum Gasteiger partial charge on any atom is 0.246 e. The van der Waals surface area contributed by atoms with Crippen LogP contribution >= 0.6 is 0 Å². The molecule has 0 spiro atoms. The predicted octanol–water partition coefficient (Wildman–Crippen LogP) is 2.76. The second-order valence-corrected chi connectivity index (χ2v) is 9.52. The highest BCUT2D eigenvalue weighted by Gasteiger charge is 2.32. The molecule has 2 aromatic carbocycles. The summed E-state index contributed by atoms with van der Waals surface area (Å²) in [6, 6.07) is 16.3. The molecule has 2 heterocycles. The van der Waals surface area contributed by atoms with E-state index in [4.69, 9.17) is 4.52 Å². The van der Waals surface area contributed by atoms with E-state index in [9.17, 15) is 13.2 Å². The molecule has 1 saturated heterocycles. The summed E-state index contributed by atoms with van der Waals surface area (Å²) in [5.74, 6) is 0.416. The number of benzene rings is 2. The van der Waals surface area contributed by atoms with Crippen LogP contribution in [0.4, 0.5) is 0 Å². The first kappa shape index (κ1) is 21.2. The number of aromatic nitrogens is 2. The number of nitrogens with zero attached hydrogens (tertiary/aromatic N) is 3. The number of carbonyl (C=O) groups excluding carboxylic acids is 1. The fourth-order valence-electron chi connectivity index (χ4n) is 3.56. The summed E-state index contributed by atoms with van der Waals surface area (Å²) in [7, 11) is -3.54. The van der Waals surface area contributed by atoms with Crippen molar-refractivity contribution in [3.63, 3.8) is 0 Å². The smallest absolute Gasteiger partial charge is 0.246 e. The fourth-order valence-corrected chi connectivity index (χ4v) is 5.03. The zero-order chi connectivity index (χ0) is 21.8. The molecule has 0 saturated carbocycles. The van der Waals surface area contributed by atoms with Gasteiger partial charge in [0.25, 0.3) is 0 Å². The van der Waals surface area contributed by atoms with E-state index < -0.39 is 10.0 Å². The Labute approximate surface area is 181 Å². The summed E-state index contributed by atoms with van der Waals surface area (Å²) in [6.45, 7) is 2.68. The van der Waals surface area contributed by atoms with Gasteiger partial charge in [0.2, 0.25) is 27.6 Å². The second kappa shape index (κ2) is 8.99. The van der Waals surface area contributed by atoms with Gasteiger partial charge in [0.05, 0.1) is 11.4 Å². The van der Waals surface area contributed by atoms with Crippen LogP contribution in [0, 0.1) is 12.8 Å². The minimum absolute atomic E-state index is 0.133. The first-order chi connectivity index (χ1) is 14.9. The Balaban J connectivity index is 1.30. The van der Waals surface area contributed by atoms with Gasteiger partial charge >= 0.3 is 0 Å². The number of hydrogen-bond acceptors (Lipinski definition) is 6. The van der Waals surface area contributed by atoms with E-state index in [1.54, 1.807) is 24.3 Å². The lowest BCUT2D eigenvalue weighted by molar-refractivity contribution is -0.126. The van der Waals surface area contributed by atoms with Gasteiger partial charge in [-0.05, 0) is 31.9 Å². The van der Waals surface area contributed by atoms with Gasteiger partial charge in [0, 0.05) is 24.6 Å². The molecule has 0 radical (unpaired) electrons. The van der Waals surface area contributed by atoms with Crippen LogP contribution < -0.4 is 5.32 Å². The van der Waals surface area contributed by atoms with Crippen LogP contribution in [0.1, 0.15) is 24.3 Å². The Hall–Kier alpha value is -3.04. The van der Waals surface area contributed by atoms with Crippen molar-refractivity contribution in [3.05, 3.63) is 66.1 Å². The third-order valence-electron chi connectivity index (χ3n) is 5.40. The molecule has 3 aromatic rings. The number of nitrogens with one attached hydrogen (secondary N) is 1. The first-order valence-corrected chi connectivity index (χ1v) is 11.6. The van der Waals surface area contributed by atoms with Gasteiger partial charge in [-0.25, -0.2) is 8.42 Å². The van der Waals surface area contributed by atoms with Crippen molar-refractivity contribution >= 4 is 15.9 Å². The van der Waals surface area contributed by atoms with Crippen molar-refractivity contribution in [3.8, 4) is 11.4 Å². The minimum atomic E-state index is -3.54. The molecular weight excluding hydrogens is 416 g/mol. The normalized spacial score (nSPS) is 15.6. The molecule has 4 rings (SSSR count). The summed E-state index contributed by atoms with van der Waals surface area (Å²) < 4.78 is 32.3. The molecule has 1 aliphatic rings. The van der Waals surface area contributed by atoms with E-state index in [1.165, 1.54) is 4.31 Å². The standard InChI is InChI=1S/C22H24N4O4S/c1-16-7-9-19(10-8-16)31(28,29)26-13-11-18(12-14-26)22(27)23-15-20-24-21(25-30-20)17-5-3-2-4-6-17/h2-10,18H,11-15H2,1H3,(H,23,27). The first-order valence-electron chi connectivity index (χ1n) is 10.2. The Morgan fingerprint density at radius 1 is 1.10 bits per heavy atom. The number of amides is 1. The van der Waals surface area contributed by atoms with Gasteiger partial charge in [0.1, 0.15) is 0 Å². The molecule has 9 heteroatoms. The van der Waals surface area contributed by atoms with E-state index in [0.717, 1.165) is 11.1 Å². The highest BCUT2D eigenvalue weighted by Crippen LogP contribution is 2.24. The lowest BCUT2D eigenvalue weighted by atomic mass is 9.97. The van der Waals surface area contributed by atoms with Gasteiger partial charge < -0.3 is 9.84 Å². The molecule has 1 N–H and O–H groups in total. The van der Waals surface area contributed by atoms with E-state index in [0.29, 0.717) is 37.6 Å². The maximum atomic E-state index is 12.8. The summed E-state index contributed by atoms with van der Waals surface area (Å²) in [5.41, 5.74) is 1.84. The number of carbonyl (C=O) groups is 1. The molecule has 0 aliphatic carbocycles. The minimum Gasteiger partial charge on any atom is -0.347 e. The van der Waals surface area contributed by atoms with Crippen LogP contribution in [0.25, 0.3) is 11.4 Å². The summed E-state index contributed by atoms with van der Waals surface area (Å²) >= 11 is 0. The molecule has 1 aromatic heterocycles. The van der Waals surface area contributed by atoms with Crippen molar-refractivity contribution < 1.29 is 17.7 Å². The SMILES string of the molecule is Cc1ccc(S(=O)(=O)N2CCC(C(=O)NCc3nc(-c4ccccc4)no3)CC2)cc1. The van der Waals surface area contributed by atoms with E-state index in [-0.39, 0.29) is 23.3 Å². The van der Waals surface area contributed by atoms with Gasteiger partial charge in [-0.1, -0.05) is 53.2 Å². The van der Waals surface area contributed by atoms with Crippen LogP contribution in [-0.4, -0.2) is 41.9 Å². The fraction of sp³-hybridized carbons (Fsp3) is 0.318. The molecular formula is C22H24N4O4S. The van der Waals surface area contributed by atoms with E-state index in [2.05, 4.69) is 15.5 Å². The molecule has 8 nitrogen and oxygen atoms in total. The monoisotopic (exact) mass is 440 g/mol. The van der Waals surface area contributed by atoms with Crippen LogP contribution in [0.3, 0.4) is 0 Å². The van der Waals surface area contributed by atoms with Crippen molar-refractivity contribution in [2.24, 2.45) is 5.92 Å². The Kier molecular flexibility index (Phi) is 6.15. The zero-order valence-corrected chi connectivity index (χ0v) is 18.0. The lowest BCUT2D eigenvalue weighted by Crippen LogP contribution is -2.42. The molecule has 0 unspecified atom stereocenters. The Bertz CT molecular complexity index is 1140. The maximum absolute atomic E-state index is 12.8. The van der Waals surface area contributed by atoms with Gasteiger partial charge in [-0.3, -0.25) is 4.79 Å². The number of sulfonamides is 1. The Morgan fingerprint density at radius 3 is 2.45 bits per heavy atom. The largest absolute Gasteiger partial charge is 0.347 e. The van der Waals surface area contributed by atoms with Crippen molar-refractivity contribution in [2.75, 3.05) is 13.1 Å². The van der Waals surface area contributed by atoms with Crippen molar-refractivity contribution in [2.45, 2.75) is 31.2 Å². The molecule has 31 heavy (non-hydrogen) atoms. The highest BCUT2D eigenvalue weighted by molar-refractivity contribution is 7.89. The third kappa shape index (κ3) is 4.83. The van der Waals surface area contributed by atoms with Crippen LogP contribution in [0.5, 0.6) is 0 Å². The molecule has 0 atom stereocenters. The predicted molar refractivity (Wildman–Crippen MR) is 114 cm³/mol. The van der Waals surface area contributed by atoms with Crippen molar-refractivity contribution in [1.82, 2.24) is 19.8 Å². The topological polar surface area (TPSA) is 105 Å². The van der Waals surface area contributed by atoms with Gasteiger partial charge in [-0.15, -0.1) is 0 Å². The molecule has 162 valence electrons. The number of aryl methyl sites for hydroxylation is 1. The van der Waals surface area contributed by atoms with E-state index in [1.807, 2.05) is 37.3 Å². The van der Waals surface area contributed by atoms with E-state index >= 15 is 0 Å². The summed E-state index contributed by atoms with van der Waals surface area (Å²) in [6.07, 6.45) is 0.937. The second-order valence-electron chi connectivity index (χ2n) is 7.59. The zero-order valence-electron chi connectivity index (χ0n) is 17.2. The number of rotatable bonds is 6. The molecule has 1 fully saturated rings. The van der Waals surface area contributed by atoms with Crippen molar-refractivity contribution in [1.29, 1.82) is 0 Å². The highest BCUT2D eigenvalue weighted by atomic mass is 32.2. The Morgan fingerprint density at radius 2 is 1.77 bits per heavy atom. The lowest BCUT2D eigenvalue weighted by Gasteiger charge is -2.30. The number of piperidine rings is 1. The average Bonchev–Trinajstić information content (AvgIpc) is 3.27. The molecule has 1 amide bonds. The third-order valence-corrected chi connectivity index (χ3v) is 7.31. The van der Waals surface area contributed by atoms with Crippen LogP contribution in [-0.2, 0) is 21.4 Å². The average molecular weight is 441 g/mol. The number of hydrogen-bond donors (Lipinski definition) is 1. The van der Waals surface area contributed by atoms with Gasteiger partial charge in [-0.2, -0.15) is 9.29 Å². The van der Waals surface area contributed by atoms with Crippen LogP contribution in [0.15, 0.2) is 64.0 Å². The molecule has 1 aliphatic heterocycles.